The Hall–Kier alpha value is -0.570. The van der Waals surface area contributed by atoms with E-state index in [1.165, 1.54) is 45.2 Å². The minimum Gasteiger partial charge on any atom is -0.481 e. The molecule has 1 N–H and O–H groups in total. The fraction of sp³-hybridized carbons (Fsp3) is 0.941. The van der Waals surface area contributed by atoms with E-state index in [1.807, 2.05) is 0 Å². The predicted molar refractivity (Wildman–Crippen MR) is 81.8 cm³/mol. The maximum absolute atomic E-state index is 10.6. The van der Waals surface area contributed by atoms with Crippen LogP contribution in [-0.4, -0.2) is 35.1 Å². The Labute approximate surface area is 123 Å². The van der Waals surface area contributed by atoms with Crippen molar-refractivity contribution in [3.8, 4) is 0 Å². The maximum atomic E-state index is 10.6. The Kier molecular flexibility index (Phi) is 5.11. The third-order valence-corrected chi connectivity index (χ3v) is 5.53. The summed E-state index contributed by atoms with van der Waals surface area (Å²) < 4.78 is 0. The number of carboxylic acid groups (broad SMARTS) is 1. The lowest BCUT2D eigenvalue weighted by Gasteiger charge is -2.46. The van der Waals surface area contributed by atoms with Crippen LogP contribution in [0.2, 0.25) is 0 Å². The second-order valence-corrected chi connectivity index (χ2v) is 7.86. The van der Waals surface area contributed by atoms with Crippen molar-refractivity contribution >= 4 is 5.97 Å². The summed E-state index contributed by atoms with van der Waals surface area (Å²) in [6.07, 6.45) is 7.64. The molecule has 3 nitrogen and oxygen atoms in total. The van der Waals surface area contributed by atoms with E-state index < -0.39 is 5.97 Å². The molecule has 2 fully saturated rings. The Bertz CT molecular complexity index is 332. The molecule has 0 radical (unpaired) electrons. The molecule has 0 aromatic heterocycles. The van der Waals surface area contributed by atoms with E-state index in [0.29, 0.717) is 17.8 Å². The monoisotopic (exact) mass is 281 g/mol. The lowest BCUT2D eigenvalue weighted by molar-refractivity contribution is -0.137. The summed E-state index contributed by atoms with van der Waals surface area (Å²) in [6, 6.07) is 0.767. The fourth-order valence-corrected chi connectivity index (χ4v) is 4.38. The molecule has 1 aliphatic heterocycles. The van der Waals surface area contributed by atoms with Gasteiger partial charge in [0.2, 0.25) is 0 Å². The number of carbonyl (C=O) groups is 1. The van der Waals surface area contributed by atoms with Gasteiger partial charge in [-0.2, -0.15) is 0 Å². The Morgan fingerprint density at radius 1 is 1.25 bits per heavy atom. The Balaban J connectivity index is 1.78. The number of hydrogen-bond donors (Lipinski definition) is 1. The standard InChI is InChI=1S/C17H31NO2/c1-13-12-17(2,3)9-6-15(13)18-10-7-14(8-11-18)4-5-16(19)20/h13-15H,4-12H2,1-3H3,(H,19,20). The molecule has 116 valence electrons. The Morgan fingerprint density at radius 3 is 2.45 bits per heavy atom. The molecule has 3 heteroatoms. The van der Waals surface area contributed by atoms with Crippen molar-refractivity contribution in [3.63, 3.8) is 0 Å². The largest absolute Gasteiger partial charge is 0.481 e. The van der Waals surface area contributed by atoms with Gasteiger partial charge in [0.15, 0.2) is 0 Å². The SMILES string of the molecule is CC1CC(C)(C)CCC1N1CCC(CCC(=O)O)CC1. The first kappa shape index (κ1) is 15.8. The normalized spacial score (nSPS) is 32.1. The van der Waals surface area contributed by atoms with E-state index >= 15 is 0 Å². The molecule has 0 aromatic carbocycles. The van der Waals surface area contributed by atoms with Crippen LogP contribution in [0, 0.1) is 17.3 Å². The van der Waals surface area contributed by atoms with Gasteiger partial charge in [0.05, 0.1) is 0 Å². The average Bonchev–Trinajstić information content (AvgIpc) is 2.36. The van der Waals surface area contributed by atoms with E-state index in [-0.39, 0.29) is 0 Å². The molecule has 0 aromatic rings. The summed E-state index contributed by atoms with van der Waals surface area (Å²) in [5.41, 5.74) is 0.524. The van der Waals surface area contributed by atoms with Crippen molar-refractivity contribution in [2.45, 2.75) is 71.8 Å². The van der Waals surface area contributed by atoms with Crippen molar-refractivity contribution in [1.82, 2.24) is 4.90 Å². The molecule has 20 heavy (non-hydrogen) atoms. The van der Waals surface area contributed by atoms with Crippen LogP contribution in [0.3, 0.4) is 0 Å². The van der Waals surface area contributed by atoms with Crippen LogP contribution in [0.5, 0.6) is 0 Å². The predicted octanol–water partition coefficient (Wildman–Crippen LogP) is 3.78. The van der Waals surface area contributed by atoms with E-state index in [2.05, 4.69) is 25.7 Å². The highest BCUT2D eigenvalue weighted by Crippen LogP contribution is 2.41. The van der Waals surface area contributed by atoms with E-state index in [0.717, 1.165) is 18.4 Å². The van der Waals surface area contributed by atoms with Crippen molar-refractivity contribution in [3.05, 3.63) is 0 Å². The highest BCUT2D eigenvalue weighted by atomic mass is 16.4. The van der Waals surface area contributed by atoms with Gasteiger partial charge >= 0.3 is 5.97 Å². The first-order valence-corrected chi connectivity index (χ1v) is 8.33. The van der Waals surface area contributed by atoms with Gasteiger partial charge in [-0.15, -0.1) is 0 Å². The topological polar surface area (TPSA) is 40.5 Å². The summed E-state index contributed by atoms with van der Waals surface area (Å²) in [4.78, 5) is 13.3. The smallest absolute Gasteiger partial charge is 0.303 e. The van der Waals surface area contributed by atoms with Crippen LogP contribution in [0.4, 0.5) is 0 Å². The number of hydrogen-bond acceptors (Lipinski definition) is 2. The minimum absolute atomic E-state index is 0.346. The molecule has 2 atom stereocenters. The summed E-state index contributed by atoms with van der Waals surface area (Å²) in [7, 11) is 0. The van der Waals surface area contributed by atoms with E-state index in [1.54, 1.807) is 0 Å². The van der Waals surface area contributed by atoms with E-state index in [9.17, 15) is 4.79 Å². The maximum Gasteiger partial charge on any atom is 0.303 e. The molecule has 1 aliphatic carbocycles. The molecule has 2 unspecified atom stereocenters. The molecule has 2 rings (SSSR count). The average molecular weight is 281 g/mol. The van der Waals surface area contributed by atoms with Crippen LogP contribution >= 0.6 is 0 Å². The number of rotatable bonds is 4. The lowest BCUT2D eigenvalue weighted by Crippen LogP contribution is -2.48. The molecular formula is C17H31NO2. The highest BCUT2D eigenvalue weighted by molar-refractivity contribution is 5.66. The number of nitrogens with zero attached hydrogens (tertiary/aromatic N) is 1. The molecule has 1 heterocycles. The van der Waals surface area contributed by atoms with Crippen molar-refractivity contribution < 1.29 is 9.90 Å². The number of piperidine rings is 1. The van der Waals surface area contributed by atoms with Gasteiger partial charge < -0.3 is 10.0 Å². The van der Waals surface area contributed by atoms with Crippen LogP contribution in [0.15, 0.2) is 0 Å². The number of likely N-dealkylation sites (tertiary alicyclic amines) is 1. The molecule has 1 saturated heterocycles. The van der Waals surface area contributed by atoms with Gasteiger partial charge in [-0.3, -0.25) is 4.79 Å². The van der Waals surface area contributed by atoms with Crippen LogP contribution in [0.25, 0.3) is 0 Å². The van der Waals surface area contributed by atoms with E-state index in [4.69, 9.17) is 5.11 Å². The number of aliphatic carboxylic acids is 1. The summed E-state index contributed by atoms with van der Waals surface area (Å²) >= 11 is 0. The lowest BCUT2D eigenvalue weighted by atomic mass is 9.70. The second-order valence-electron chi connectivity index (χ2n) is 7.86. The first-order valence-electron chi connectivity index (χ1n) is 8.33. The number of carboxylic acids is 1. The third-order valence-electron chi connectivity index (χ3n) is 5.53. The second kappa shape index (κ2) is 6.46. The summed E-state index contributed by atoms with van der Waals surface area (Å²) in [6.45, 7) is 9.58. The van der Waals surface area contributed by atoms with Gasteiger partial charge in [-0.25, -0.2) is 0 Å². The van der Waals surface area contributed by atoms with Crippen molar-refractivity contribution in [2.75, 3.05) is 13.1 Å². The molecule has 2 aliphatic rings. The first-order chi connectivity index (χ1) is 9.37. The van der Waals surface area contributed by atoms with Gasteiger partial charge in [-0.1, -0.05) is 20.8 Å². The van der Waals surface area contributed by atoms with Crippen LogP contribution in [0.1, 0.15) is 65.7 Å². The fourth-order valence-electron chi connectivity index (χ4n) is 4.38. The molecule has 1 saturated carbocycles. The molecule has 0 bridgehead atoms. The quantitative estimate of drug-likeness (QED) is 0.852. The minimum atomic E-state index is -0.643. The Morgan fingerprint density at radius 2 is 1.90 bits per heavy atom. The van der Waals surface area contributed by atoms with Crippen LogP contribution < -0.4 is 0 Å². The zero-order valence-corrected chi connectivity index (χ0v) is 13.4. The molecule has 0 spiro atoms. The zero-order valence-electron chi connectivity index (χ0n) is 13.4. The van der Waals surface area contributed by atoms with Gasteiger partial charge in [0.1, 0.15) is 0 Å². The molecular weight excluding hydrogens is 250 g/mol. The molecule has 0 amide bonds. The zero-order chi connectivity index (χ0) is 14.8. The van der Waals surface area contributed by atoms with Crippen molar-refractivity contribution in [1.29, 1.82) is 0 Å². The van der Waals surface area contributed by atoms with Gasteiger partial charge in [0.25, 0.3) is 0 Å². The van der Waals surface area contributed by atoms with Gasteiger partial charge in [-0.05, 0) is 68.9 Å². The highest BCUT2D eigenvalue weighted by Gasteiger charge is 2.36. The van der Waals surface area contributed by atoms with Crippen LogP contribution in [-0.2, 0) is 4.79 Å². The summed E-state index contributed by atoms with van der Waals surface area (Å²) in [5.74, 6) is 0.794. The third kappa shape index (κ3) is 4.21. The van der Waals surface area contributed by atoms with Crippen molar-refractivity contribution in [2.24, 2.45) is 17.3 Å². The van der Waals surface area contributed by atoms with Gasteiger partial charge in [0, 0.05) is 12.5 Å². The summed E-state index contributed by atoms with van der Waals surface area (Å²) in [5, 5.41) is 8.77.